The maximum absolute atomic E-state index is 12.1. The van der Waals surface area contributed by atoms with E-state index in [4.69, 9.17) is 11.6 Å². The van der Waals surface area contributed by atoms with Gasteiger partial charge in [0.25, 0.3) is 10.0 Å². The molecule has 0 aromatic carbocycles. The molecule has 0 saturated heterocycles. The summed E-state index contributed by atoms with van der Waals surface area (Å²) in [5, 5.41) is 1.76. The molecule has 0 amide bonds. The van der Waals surface area contributed by atoms with Gasteiger partial charge in [0.1, 0.15) is 4.21 Å². The molecule has 3 nitrogen and oxygen atoms in total. The second kappa shape index (κ2) is 4.64. The molecule has 0 bridgehead atoms. The van der Waals surface area contributed by atoms with E-state index >= 15 is 0 Å². The molecule has 0 radical (unpaired) electrons. The molecule has 1 aliphatic rings. The smallest absolute Gasteiger partial charge is 0.206 e. The Kier molecular flexibility index (Phi) is 3.59. The minimum absolute atomic E-state index is 0.345. The van der Waals surface area contributed by atoms with Crippen molar-refractivity contribution in [3.05, 3.63) is 17.5 Å². The number of sulfonamides is 1. The van der Waals surface area contributed by atoms with Gasteiger partial charge in [0.15, 0.2) is 0 Å². The van der Waals surface area contributed by atoms with Crippen LogP contribution in [-0.2, 0) is 10.0 Å². The Morgan fingerprint density at radius 2 is 2.12 bits per heavy atom. The molecule has 1 saturated carbocycles. The first-order chi connectivity index (χ1) is 7.58. The Balaban J connectivity index is 2.20. The van der Waals surface area contributed by atoms with Crippen molar-refractivity contribution >= 4 is 33.0 Å². The number of hydrogen-bond donors (Lipinski definition) is 1. The number of halogens is 1. The molecule has 0 unspecified atom stereocenters. The number of hydrogen-bond acceptors (Lipinski definition) is 3. The lowest BCUT2D eigenvalue weighted by Gasteiger charge is -2.26. The molecule has 1 heterocycles. The second-order valence-corrected chi connectivity index (χ2v) is 7.28. The summed E-state index contributed by atoms with van der Waals surface area (Å²) >= 11 is 7.14. The van der Waals surface area contributed by atoms with Crippen LogP contribution in [0, 0.1) is 0 Å². The van der Waals surface area contributed by atoms with Crippen molar-refractivity contribution in [1.29, 1.82) is 0 Å². The minimum atomic E-state index is -3.39. The fourth-order valence-electron chi connectivity index (χ4n) is 2.07. The van der Waals surface area contributed by atoms with Gasteiger partial charge >= 0.3 is 0 Å². The maximum atomic E-state index is 12.1. The number of thiophene rings is 1. The molecule has 90 valence electrons. The van der Waals surface area contributed by atoms with Gasteiger partial charge < -0.3 is 0 Å². The summed E-state index contributed by atoms with van der Waals surface area (Å²) in [4.78, 5) is 0. The normalized spacial score (nSPS) is 20.1. The molecule has 1 N–H and O–H groups in total. The van der Waals surface area contributed by atoms with Crippen LogP contribution in [0.25, 0.3) is 0 Å². The molecule has 1 fully saturated rings. The summed E-state index contributed by atoms with van der Waals surface area (Å²) in [6.45, 7) is 0. The van der Waals surface area contributed by atoms with Gasteiger partial charge in [-0.05, 0) is 24.3 Å². The molecule has 1 aliphatic carbocycles. The third-order valence-electron chi connectivity index (χ3n) is 2.93. The fraction of sp³-hybridized carbons (Fsp3) is 0.600. The number of alkyl halides is 1. The highest BCUT2D eigenvalue weighted by Crippen LogP contribution is 2.32. The van der Waals surface area contributed by atoms with Crippen LogP contribution in [0.1, 0.15) is 25.7 Å². The van der Waals surface area contributed by atoms with E-state index in [9.17, 15) is 8.42 Å². The third-order valence-corrected chi connectivity index (χ3v) is 6.41. The Hall–Kier alpha value is -0.100. The average Bonchev–Trinajstić information content (AvgIpc) is 2.87. The van der Waals surface area contributed by atoms with Crippen LogP contribution in [0.15, 0.2) is 21.7 Å². The van der Waals surface area contributed by atoms with Crippen molar-refractivity contribution in [3.63, 3.8) is 0 Å². The molecule has 1 aromatic rings. The van der Waals surface area contributed by atoms with Gasteiger partial charge in [-0.2, -0.15) is 0 Å². The van der Waals surface area contributed by atoms with E-state index in [1.807, 2.05) is 0 Å². The van der Waals surface area contributed by atoms with E-state index in [1.165, 1.54) is 11.3 Å². The van der Waals surface area contributed by atoms with Crippen LogP contribution >= 0.6 is 22.9 Å². The monoisotopic (exact) mass is 279 g/mol. The van der Waals surface area contributed by atoms with Crippen LogP contribution in [0.5, 0.6) is 0 Å². The van der Waals surface area contributed by atoms with Gasteiger partial charge in [0.2, 0.25) is 0 Å². The van der Waals surface area contributed by atoms with Crippen molar-refractivity contribution in [2.45, 2.75) is 35.4 Å². The molecule has 1 aromatic heterocycles. The van der Waals surface area contributed by atoms with Crippen LogP contribution in [-0.4, -0.2) is 19.8 Å². The van der Waals surface area contributed by atoms with Crippen LogP contribution in [0.2, 0.25) is 0 Å². The van der Waals surface area contributed by atoms with Gasteiger partial charge in [-0.25, -0.2) is 13.1 Å². The van der Waals surface area contributed by atoms with E-state index in [1.54, 1.807) is 17.5 Å². The molecule has 0 atom stereocenters. The molecule has 6 heteroatoms. The van der Waals surface area contributed by atoms with Crippen molar-refractivity contribution in [3.8, 4) is 0 Å². The van der Waals surface area contributed by atoms with Gasteiger partial charge in [0, 0.05) is 11.4 Å². The Morgan fingerprint density at radius 1 is 1.44 bits per heavy atom. The molecule has 2 rings (SSSR count). The largest absolute Gasteiger partial charge is 0.250 e. The van der Waals surface area contributed by atoms with E-state index < -0.39 is 15.6 Å². The Bertz CT molecular complexity index is 435. The third kappa shape index (κ3) is 2.42. The van der Waals surface area contributed by atoms with Gasteiger partial charge in [-0.3, -0.25) is 0 Å². The van der Waals surface area contributed by atoms with E-state index in [-0.39, 0.29) is 0 Å². The first-order valence-electron chi connectivity index (χ1n) is 5.21. The Morgan fingerprint density at radius 3 is 2.62 bits per heavy atom. The lowest BCUT2D eigenvalue weighted by Crippen LogP contribution is -2.47. The van der Waals surface area contributed by atoms with Crippen molar-refractivity contribution < 1.29 is 8.42 Å². The zero-order valence-electron chi connectivity index (χ0n) is 8.78. The zero-order valence-corrected chi connectivity index (χ0v) is 11.2. The lowest BCUT2D eigenvalue weighted by atomic mass is 10.0. The first kappa shape index (κ1) is 12.4. The zero-order chi connectivity index (χ0) is 11.6. The fourth-order valence-corrected chi connectivity index (χ4v) is 4.93. The highest BCUT2D eigenvalue weighted by molar-refractivity contribution is 7.91. The van der Waals surface area contributed by atoms with Crippen molar-refractivity contribution in [1.82, 2.24) is 4.72 Å². The minimum Gasteiger partial charge on any atom is -0.206 e. The summed E-state index contributed by atoms with van der Waals surface area (Å²) in [7, 11) is -3.39. The maximum Gasteiger partial charge on any atom is 0.250 e. The summed E-state index contributed by atoms with van der Waals surface area (Å²) in [5.41, 5.74) is -0.426. The number of nitrogens with one attached hydrogen (secondary N) is 1. The SMILES string of the molecule is O=S(=O)(NC1(CCl)CCCC1)c1cccs1. The van der Waals surface area contributed by atoms with Gasteiger partial charge in [-0.1, -0.05) is 18.9 Å². The number of rotatable bonds is 4. The lowest BCUT2D eigenvalue weighted by molar-refractivity contribution is 0.433. The molecule has 16 heavy (non-hydrogen) atoms. The standard InChI is InChI=1S/C10H14ClNO2S2/c11-8-10(5-1-2-6-10)12-16(13,14)9-4-3-7-15-9/h3-4,7,12H,1-2,5-6,8H2. The molecular formula is C10H14ClNO2S2. The molecule has 0 spiro atoms. The van der Waals surface area contributed by atoms with Crippen LogP contribution in [0.4, 0.5) is 0 Å². The van der Waals surface area contributed by atoms with Gasteiger partial charge in [0.05, 0.1) is 0 Å². The highest BCUT2D eigenvalue weighted by atomic mass is 35.5. The summed E-state index contributed by atoms with van der Waals surface area (Å²) in [6, 6.07) is 3.35. The summed E-state index contributed by atoms with van der Waals surface area (Å²) in [6.07, 6.45) is 3.75. The average molecular weight is 280 g/mol. The predicted octanol–water partition coefficient (Wildman–Crippen LogP) is 2.58. The summed E-state index contributed by atoms with van der Waals surface area (Å²) < 4.78 is 27.2. The Labute approximate surface area is 105 Å². The quantitative estimate of drug-likeness (QED) is 0.861. The van der Waals surface area contributed by atoms with Gasteiger partial charge in [-0.15, -0.1) is 22.9 Å². The topological polar surface area (TPSA) is 46.2 Å². The van der Waals surface area contributed by atoms with E-state index in [0.29, 0.717) is 10.1 Å². The van der Waals surface area contributed by atoms with E-state index in [2.05, 4.69) is 4.72 Å². The highest BCUT2D eigenvalue weighted by Gasteiger charge is 2.37. The van der Waals surface area contributed by atoms with Crippen LogP contribution in [0.3, 0.4) is 0 Å². The van der Waals surface area contributed by atoms with Crippen molar-refractivity contribution in [2.24, 2.45) is 0 Å². The summed E-state index contributed by atoms with van der Waals surface area (Å²) in [5.74, 6) is 0.345. The molecular weight excluding hydrogens is 266 g/mol. The van der Waals surface area contributed by atoms with Crippen molar-refractivity contribution in [2.75, 3.05) is 5.88 Å². The second-order valence-electron chi connectivity index (χ2n) is 4.16. The first-order valence-corrected chi connectivity index (χ1v) is 8.11. The predicted molar refractivity (Wildman–Crippen MR) is 66.6 cm³/mol. The van der Waals surface area contributed by atoms with E-state index in [0.717, 1.165) is 25.7 Å². The molecule has 0 aliphatic heterocycles. The van der Waals surface area contributed by atoms with Crippen LogP contribution < -0.4 is 4.72 Å².